The number of nitrogens with zero attached hydrogens (tertiary/aromatic N) is 3. The largest absolute Gasteiger partial charge is 0.379 e. The summed E-state index contributed by atoms with van der Waals surface area (Å²) < 4.78 is 33.9. The Morgan fingerprint density at radius 1 is 1.25 bits per heavy atom. The molecule has 1 N–H and O–H groups in total. The van der Waals surface area contributed by atoms with Crippen LogP contribution in [0.25, 0.3) is 5.69 Å². The summed E-state index contributed by atoms with van der Waals surface area (Å²) in [5, 5.41) is 7.42. The number of morpholine rings is 1. The van der Waals surface area contributed by atoms with Crippen LogP contribution < -0.4 is 5.32 Å². The molecule has 1 aliphatic carbocycles. The second kappa shape index (κ2) is 7.97. The molecule has 0 bridgehead atoms. The summed E-state index contributed by atoms with van der Waals surface area (Å²) in [5.41, 5.74) is 2.61. The number of carbonyl (C=O) groups is 1. The molecule has 8 heteroatoms. The van der Waals surface area contributed by atoms with Crippen LogP contribution in [-0.4, -0.2) is 59.5 Å². The van der Waals surface area contributed by atoms with Crippen molar-refractivity contribution < 1.29 is 18.3 Å². The molecule has 1 atom stereocenters. The van der Waals surface area contributed by atoms with Gasteiger partial charge in [-0.15, -0.1) is 0 Å². The third-order valence-electron chi connectivity index (χ3n) is 5.52. The van der Waals surface area contributed by atoms with E-state index in [0.29, 0.717) is 31.1 Å². The summed E-state index contributed by atoms with van der Waals surface area (Å²) in [6.07, 6.45) is 2.45. The van der Waals surface area contributed by atoms with Crippen molar-refractivity contribution in [2.24, 2.45) is 0 Å². The predicted molar refractivity (Wildman–Crippen MR) is 99.7 cm³/mol. The number of ether oxygens (including phenoxy) is 1. The fourth-order valence-electron chi connectivity index (χ4n) is 3.92. The molecular weight excluding hydrogens is 366 g/mol. The van der Waals surface area contributed by atoms with Crippen molar-refractivity contribution in [3.05, 3.63) is 46.8 Å². The van der Waals surface area contributed by atoms with Gasteiger partial charge in [-0.2, -0.15) is 5.10 Å². The number of amides is 1. The van der Waals surface area contributed by atoms with Gasteiger partial charge in [0.25, 0.3) is 5.91 Å². The minimum absolute atomic E-state index is 0.203. The van der Waals surface area contributed by atoms with Crippen LogP contribution in [0.1, 0.15) is 35.1 Å². The topological polar surface area (TPSA) is 59.4 Å². The zero-order valence-electron chi connectivity index (χ0n) is 15.9. The highest BCUT2D eigenvalue weighted by Gasteiger charge is 2.28. The van der Waals surface area contributed by atoms with E-state index in [1.165, 1.54) is 6.07 Å². The molecule has 1 aromatic carbocycles. The number of nitrogens with one attached hydrogen (secondary N) is 1. The number of rotatable bonds is 5. The SMILES string of the molecule is CC(CNC(=O)c1nn(-c2ccc(F)c(F)c2)c2c1CCC2)N1CCOCC1. The Bertz CT molecular complexity index is 877. The average Bonchev–Trinajstić information content (AvgIpc) is 3.31. The molecule has 6 nitrogen and oxygen atoms in total. The van der Waals surface area contributed by atoms with Crippen LogP contribution in [0.3, 0.4) is 0 Å². The summed E-state index contributed by atoms with van der Waals surface area (Å²) in [7, 11) is 0. The van der Waals surface area contributed by atoms with Gasteiger partial charge >= 0.3 is 0 Å². The van der Waals surface area contributed by atoms with Gasteiger partial charge in [0.2, 0.25) is 0 Å². The van der Waals surface area contributed by atoms with Gasteiger partial charge in [0.15, 0.2) is 17.3 Å². The first-order valence-corrected chi connectivity index (χ1v) is 9.71. The quantitative estimate of drug-likeness (QED) is 0.850. The molecule has 2 aromatic rings. The molecule has 1 fully saturated rings. The summed E-state index contributed by atoms with van der Waals surface area (Å²) in [5.74, 6) is -2.05. The molecule has 0 saturated carbocycles. The van der Waals surface area contributed by atoms with E-state index < -0.39 is 11.6 Å². The molecule has 2 heterocycles. The van der Waals surface area contributed by atoms with Gasteiger partial charge in [0, 0.05) is 43.0 Å². The highest BCUT2D eigenvalue weighted by Crippen LogP contribution is 2.28. The third kappa shape index (κ3) is 3.66. The molecule has 0 spiro atoms. The van der Waals surface area contributed by atoms with Gasteiger partial charge in [-0.1, -0.05) is 0 Å². The van der Waals surface area contributed by atoms with E-state index in [-0.39, 0.29) is 11.9 Å². The second-order valence-electron chi connectivity index (χ2n) is 7.35. The fraction of sp³-hybridized carbons (Fsp3) is 0.500. The normalized spacial score (nSPS) is 18.1. The Balaban J connectivity index is 1.51. The summed E-state index contributed by atoms with van der Waals surface area (Å²) in [6.45, 7) is 5.74. The van der Waals surface area contributed by atoms with Crippen LogP contribution >= 0.6 is 0 Å². The zero-order chi connectivity index (χ0) is 19.7. The summed E-state index contributed by atoms with van der Waals surface area (Å²) >= 11 is 0. The molecule has 2 aliphatic rings. The van der Waals surface area contributed by atoms with Crippen LogP contribution in [0.2, 0.25) is 0 Å². The van der Waals surface area contributed by atoms with Crippen molar-refractivity contribution in [3.8, 4) is 5.69 Å². The molecule has 4 rings (SSSR count). The number of fused-ring (bicyclic) bond motifs is 1. The number of hydrogen-bond acceptors (Lipinski definition) is 4. The Hall–Kier alpha value is -2.32. The highest BCUT2D eigenvalue weighted by atomic mass is 19.2. The standard InChI is InChI=1S/C20H24F2N4O2/c1-13(25-7-9-28-10-8-25)12-23-20(27)19-15-3-2-4-18(15)26(24-19)14-5-6-16(21)17(22)11-14/h5-6,11,13H,2-4,7-10,12H2,1H3,(H,23,27). The van der Waals surface area contributed by atoms with E-state index in [9.17, 15) is 13.6 Å². The molecule has 1 aliphatic heterocycles. The Kier molecular flexibility index (Phi) is 5.41. The monoisotopic (exact) mass is 390 g/mol. The fourth-order valence-corrected chi connectivity index (χ4v) is 3.92. The molecule has 1 saturated heterocycles. The smallest absolute Gasteiger partial charge is 0.272 e. The lowest BCUT2D eigenvalue weighted by molar-refractivity contribution is 0.0204. The Labute approximate surface area is 162 Å². The maximum Gasteiger partial charge on any atom is 0.272 e. The lowest BCUT2D eigenvalue weighted by Crippen LogP contribution is -2.47. The number of benzene rings is 1. The minimum Gasteiger partial charge on any atom is -0.379 e. The number of halogens is 2. The maximum absolute atomic E-state index is 13.7. The summed E-state index contributed by atoms with van der Waals surface area (Å²) in [6, 6.07) is 3.88. The van der Waals surface area contributed by atoms with Crippen LogP contribution in [-0.2, 0) is 17.6 Å². The first-order valence-electron chi connectivity index (χ1n) is 9.71. The van der Waals surface area contributed by atoms with Gasteiger partial charge < -0.3 is 10.1 Å². The van der Waals surface area contributed by atoms with Gasteiger partial charge in [0.1, 0.15) is 0 Å². The lowest BCUT2D eigenvalue weighted by Gasteiger charge is -2.32. The van der Waals surface area contributed by atoms with Crippen molar-refractivity contribution in [1.29, 1.82) is 0 Å². The molecule has 150 valence electrons. The van der Waals surface area contributed by atoms with Gasteiger partial charge in [-0.05, 0) is 38.3 Å². The lowest BCUT2D eigenvalue weighted by atomic mass is 10.2. The summed E-state index contributed by atoms with van der Waals surface area (Å²) in [4.78, 5) is 15.1. The van der Waals surface area contributed by atoms with Gasteiger partial charge in [-0.25, -0.2) is 13.5 Å². The Morgan fingerprint density at radius 2 is 2.04 bits per heavy atom. The van der Waals surface area contributed by atoms with E-state index in [1.807, 2.05) is 0 Å². The van der Waals surface area contributed by atoms with Crippen LogP contribution in [0, 0.1) is 11.6 Å². The van der Waals surface area contributed by atoms with E-state index >= 15 is 0 Å². The molecule has 1 aromatic heterocycles. The molecular formula is C20H24F2N4O2. The minimum atomic E-state index is -0.926. The number of aromatic nitrogens is 2. The number of carbonyl (C=O) groups excluding carboxylic acids is 1. The highest BCUT2D eigenvalue weighted by molar-refractivity contribution is 5.94. The molecule has 0 radical (unpaired) electrons. The van der Waals surface area contributed by atoms with Crippen molar-refractivity contribution in [3.63, 3.8) is 0 Å². The van der Waals surface area contributed by atoms with Crippen molar-refractivity contribution in [1.82, 2.24) is 20.0 Å². The van der Waals surface area contributed by atoms with Gasteiger partial charge in [-0.3, -0.25) is 9.69 Å². The van der Waals surface area contributed by atoms with E-state index in [0.717, 1.165) is 55.7 Å². The van der Waals surface area contributed by atoms with Crippen LogP contribution in [0.4, 0.5) is 8.78 Å². The van der Waals surface area contributed by atoms with Crippen LogP contribution in [0.15, 0.2) is 18.2 Å². The molecule has 1 amide bonds. The third-order valence-corrected chi connectivity index (χ3v) is 5.52. The first kappa shape index (κ1) is 19.0. The van der Waals surface area contributed by atoms with Gasteiger partial charge in [0.05, 0.1) is 18.9 Å². The van der Waals surface area contributed by atoms with Crippen molar-refractivity contribution in [2.45, 2.75) is 32.2 Å². The Morgan fingerprint density at radius 3 is 2.79 bits per heavy atom. The van der Waals surface area contributed by atoms with E-state index in [2.05, 4.69) is 22.2 Å². The van der Waals surface area contributed by atoms with Crippen molar-refractivity contribution in [2.75, 3.05) is 32.8 Å². The van der Waals surface area contributed by atoms with E-state index in [1.54, 1.807) is 4.68 Å². The molecule has 28 heavy (non-hydrogen) atoms. The van der Waals surface area contributed by atoms with E-state index in [4.69, 9.17) is 4.74 Å². The maximum atomic E-state index is 13.7. The average molecular weight is 390 g/mol. The predicted octanol–water partition coefficient (Wildman–Crippen LogP) is 2.09. The molecule has 1 unspecified atom stereocenters. The number of hydrogen-bond donors (Lipinski definition) is 1. The first-order chi connectivity index (χ1) is 13.5. The second-order valence-corrected chi connectivity index (χ2v) is 7.35. The van der Waals surface area contributed by atoms with Crippen molar-refractivity contribution >= 4 is 5.91 Å². The zero-order valence-corrected chi connectivity index (χ0v) is 15.9. The van der Waals surface area contributed by atoms with Crippen LogP contribution in [0.5, 0.6) is 0 Å².